The minimum Gasteiger partial charge on any atom is -0.478 e. The smallest absolute Gasteiger partial charge is 0.328 e. The number of halogens is 1. The topological polar surface area (TPSA) is 61.1 Å². The summed E-state index contributed by atoms with van der Waals surface area (Å²) in [5.74, 6) is -1.52. The first-order valence-electron chi connectivity index (χ1n) is 4.20. The highest BCUT2D eigenvalue weighted by Crippen LogP contribution is 2.12. The van der Waals surface area contributed by atoms with E-state index in [4.69, 9.17) is 10.4 Å². The van der Waals surface area contributed by atoms with E-state index in [-0.39, 0.29) is 12.0 Å². The van der Waals surface area contributed by atoms with Gasteiger partial charge in [0, 0.05) is 11.6 Å². The lowest BCUT2D eigenvalue weighted by Crippen LogP contribution is -1.90. The Morgan fingerprint density at radius 2 is 2.33 bits per heavy atom. The first-order valence-corrected chi connectivity index (χ1v) is 4.20. The van der Waals surface area contributed by atoms with E-state index in [1.54, 1.807) is 0 Å². The zero-order valence-corrected chi connectivity index (χ0v) is 7.77. The van der Waals surface area contributed by atoms with Crippen LogP contribution < -0.4 is 0 Å². The molecule has 0 atom stereocenters. The van der Waals surface area contributed by atoms with Crippen LogP contribution in [0.1, 0.15) is 11.1 Å². The van der Waals surface area contributed by atoms with E-state index < -0.39 is 11.8 Å². The molecule has 0 aliphatic heterocycles. The van der Waals surface area contributed by atoms with Crippen molar-refractivity contribution >= 4 is 12.0 Å². The Morgan fingerprint density at radius 3 is 2.93 bits per heavy atom. The zero-order chi connectivity index (χ0) is 11.3. The van der Waals surface area contributed by atoms with Crippen LogP contribution in [0.5, 0.6) is 0 Å². The molecular formula is C11H8FNO2. The molecule has 1 aromatic rings. The minimum absolute atomic E-state index is 0.0272. The number of hydrogen-bond donors (Lipinski definition) is 1. The lowest BCUT2D eigenvalue weighted by atomic mass is 10.1. The second kappa shape index (κ2) is 4.91. The quantitative estimate of drug-likeness (QED) is 0.767. The largest absolute Gasteiger partial charge is 0.478 e. The molecule has 76 valence electrons. The standard InChI is InChI=1S/C11H8FNO2/c12-10-3-1-8(2-4-11(14)15)7-9(10)5-6-13/h1-4,7H,5H2,(H,14,15). The Kier molecular flexibility index (Phi) is 3.58. The molecule has 0 fully saturated rings. The first kappa shape index (κ1) is 10.9. The highest BCUT2D eigenvalue weighted by Gasteiger charge is 2.01. The summed E-state index contributed by atoms with van der Waals surface area (Å²) < 4.78 is 13.1. The van der Waals surface area contributed by atoms with Gasteiger partial charge in [-0.3, -0.25) is 0 Å². The SMILES string of the molecule is N#CCc1cc(C=CC(=O)O)ccc1F. The summed E-state index contributed by atoms with van der Waals surface area (Å²) in [5, 5.41) is 16.8. The van der Waals surface area contributed by atoms with Gasteiger partial charge < -0.3 is 5.11 Å². The van der Waals surface area contributed by atoms with Crippen LogP contribution in [-0.2, 0) is 11.2 Å². The van der Waals surface area contributed by atoms with Gasteiger partial charge in [0.1, 0.15) is 5.82 Å². The maximum Gasteiger partial charge on any atom is 0.328 e. The van der Waals surface area contributed by atoms with Crippen molar-refractivity contribution in [3.63, 3.8) is 0 Å². The van der Waals surface area contributed by atoms with Crippen molar-refractivity contribution in [3.05, 3.63) is 41.2 Å². The van der Waals surface area contributed by atoms with Crippen molar-refractivity contribution in [1.82, 2.24) is 0 Å². The summed E-state index contributed by atoms with van der Waals surface area (Å²) in [6.45, 7) is 0. The average Bonchev–Trinajstić information content (AvgIpc) is 2.19. The Labute approximate surface area is 86.1 Å². The third-order valence-electron chi connectivity index (χ3n) is 1.76. The number of carbonyl (C=O) groups is 1. The van der Waals surface area contributed by atoms with Crippen molar-refractivity contribution < 1.29 is 14.3 Å². The van der Waals surface area contributed by atoms with Crippen LogP contribution in [0.2, 0.25) is 0 Å². The molecule has 1 N–H and O–H groups in total. The lowest BCUT2D eigenvalue weighted by Gasteiger charge is -1.99. The molecule has 0 aliphatic carbocycles. The van der Waals surface area contributed by atoms with Gasteiger partial charge in [0.2, 0.25) is 0 Å². The number of aliphatic carboxylic acids is 1. The third-order valence-corrected chi connectivity index (χ3v) is 1.76. The summed E-state index contributed by atoms with van der Waals surface area (Å²) >= 11 is 0. The van der Waals surface area contributed by atoms with Crippen LogP contribution >= 0.6 is 0 Å². The van der Waals surface area contributed by atoms with E-state index in [2.05, 4.69) is 0 Å². The molecule has 1 aromatic carbocycles. The first-order chi connectivity index (χ1) is 7.13. The molecule has 0 aliphatic rings. The maximum atomic E-state index is 13.1. The fraction of sp³-hybridized carbons (Fsp3) is 0.0909. The molecular weight excluding hydrogens is 197 g/mol. The van der Waals surface area contributed by atoms with Gasteiger partial charge in [0.15, 0.2) is 0 Å². The second-order valence-corrected chi connectivity index (χ2v) is 2.86. The molecule has 3 nitrogen and oxygen atoms in total. The fourth-order valence-electron chi connectivity index (χ4n) is 1.09. The molecule has 0 unspecified atom stereocenters. The van der Waals surface area contributed by atoms with Crippen molar-refractivity contribution in [2.24, 2.45) is 0 Å². The highest BCUT2D eigenvalue weighted by molar-refractivity contribution is 5.85. The van der Waals surface area contributed by atoms with Gasteiger partial charge in [-0.15, -0.1) is 0 Å². The predicted octanol–water partition coefficient (Wildman–Crippen LogP) is 1.99. The van der Waals surface area contributed by atoms with E-state index >= 15 is 0 Å². The van der Waals surface area contributed by atoms with Gasteiger partial charge in [-0.05, 0) is 23.8 Å². The van der Waals surface area contributed by atoms with Crippen LogP contribution in [0.3, 0.4) is 0 Å². The minimum atomic E-state index is -1.07. The van der Waals surface area contributed by atoms with Crippen LogP contribution in [0.25, 0.3) is 6.08 Å². The summed E-state index contributed by atoms with van der Waals surface area (Å²) in [6.07, 6.45) is 2.28. The molecule has 0 saturated carbocycles. The number of hydrogen-bond acceptors (Lipinski definition) is 2. The van der Waals surface area contributed by atoms with Gasteiger partial charge in [-0.2, -0.15) is 5.26 Å². The Morgan fingerprint density at radius 1 is 1.60 bits per heavy atom. The molecule has 0 spiro atoms. The molecule has 0 heterocycles. The monoisotopic (exact) mass is 205 g/mol. The van der Waals surface area contributed by atoms with Crippen LogP contribution in [-0.4, -0.2) is 11.1 Å². The van der Waals surface area contributed by atoms with Gasteiger partial charge >= 0.3 is 5.97 Å². The van der Waals surface area contributed by atoms with E-state index in [1.165, 1.54) is 24.3 Å². The van der Waals surface area contributed by atoms with Crippen LogP contribution in [0.4, 0.5) is 4.39 Å². The number of carboxylic acids is 1. The van der Waals surface area contributed by atoms with Crippen molar-refractivity contribution in [3.8, 4) is 6.07 Å². The fourth-order valence-corrected chi connectivity index (χ4v) is 1.09. The van der Waals surface area contributed by atoms with Crippen molar-refractivity contribution in [2.45, 2.75) is 6.42 Å². The molecule has 15 heavy (non-hydrogen) atoms. The molecule has 0 saturated heterocycles. The lowest BCUT2D eigenvalue weighted by molar-refractivity contribution is -0.131. The summed E-state index contributed by atoms with van der Waals surface area (Å²) in [5.41, 5.74) is 0.828. The molecule has 4 heteroatoms. The van der Waals surface area contributed by atoms with E-state index in [0.717, 1.165) is 6.08 Å². The maximum absolute atomic E-state index is 13.1. The summed E-state index contributed by atoms with van der Waals surface area (Å²) in [7, 11) is 0. The van der Waals surface area contributed by atoms with E-state index in [9.17, 15) is 9.18 Å². The van der Waals surface area contributed by atoms with Gasteiger partial charge in [0.25, 0.3) is 0 Å². The molecule has 1 rings (SSSR count). The van der Waals surface area contributed by atoms with Crippen LogP contribution in [0.15, 0.2) is 24.3 Å². The number of nitrogens with zero attached hydrogens (tertiary/aromatic N) is 1. The Bertz CT molecular complexity index is 446. The zero-order valence-electron chi connectivity index (χ0n) is 7.77. The van der Waals surface area contributed by atoms with E-state index in [1.807, 2.05) is 6.07 Å². The normalized spacial score (nSPS) is 10.1. The van der Waals surface area contributed by atoms with Gasteiger partial charge in [0.05, 0.1) is 12.5 Å². The molecule has 0 radical (unpaired) electrons. The Hall–Kier alpha value is -2.15. The van der Waals surface area contributed by atoms with Crippen LogP contribution in [0, 0.1) is 17.1 Å². The van der Waals surface area contributed by atoms with Gasteiger partial charge in [-0.1, -0.05) is 6.07 Å². The Balaban J connectivity index is 2.98. The summed E-state index contributed by atoms with van der Waals surface area (Å²) in [6, 6.07) is 5.96. The summed E-state index contributed by atoms with van der Waals surface area (Å²) in [4.78, 5) is 10.2. The number of nitriles is 1. The predicted molar refractivity (Wildman–Crippen MR) is 52.4 cm³/mol. The van der Waals surface area contributed by atoms with Crippen molar-refractivity contribution in [2.75, 3.05) is 0 Å². The molecule has 0 aromatic heterocycles. The average molecular weight is 205 g/mol. The second-order valence-electron chi connectivity index (χ2n) is 2.86. The third kappa shape index (κ3) is 3.24. The molecule has 0 bridgehead atoms. The number of rotatable bonds is 3. The van der Waals surface area contributed by atoms with Crippen molar-refractivity contribution in [1.29, 1.82) is 5.26 Å². The highest BCUT2D eigenvalue weighted by atomic mass is 19.1. The number of carboxylic acid groups (broad SMARTS) is 1. The van der Waals surface area contributed by atoms with E-state index in [0.29, 0.717) is 5.56 Å². The van der Waals surface area contributed by atoms with Gasteiger partial charge in [-0.25, -0.2) is 9.18 Å². The molecule has 0 amide bonds. The number of benzene rings is 1.